The van der Waals surface area contributed by atoms with Crippen molar-refractivity contribution in [3.8, 4) is 0 Å². The fourth-order valence-electron chi connectivity index (χ4n) is 4.82. The molecular formula is C32H50N2O2Si. The maximum atomic E-state index is 11.7. The predicted octanol–water partition coefficient (Wildman–Crippen LogP) is 6.95. The lowest BCUT2D eigenvalue weighted by molar-refractivity contribution is 0.240. The van der Waals surface area contributed by atoms with E-state index in [2.05, 4.69) is 111 Å². The molecule has 0 aliphatic rings. The van der Waals surface area contributed by atoms with Gasteiger partial charge in [-0.1, -0.05) is 113 Å². The SMILES string of the molecule is CCCCCNC(=O)NCCCCC=CCCCCO[Si](c1ccccc1)(c1ccccc1)C(C)(C)C. The Hall–Kier alpha value is -2.37. The van der Waals surface area contributed by atoms with E-state index >= 15 is 0 Å². The first-order chi connectivity index (χ1) is 17.9. The zero-order chi connectivity index (χ0) is 26.8. The molecule has 0 aliphatic carbocycles. The number of urea groups is 1. The van der Waals surface area contributed by atoms with Gasteiger partial charge in [-0.15, -0.1) is 0 Å². The number of nitrogens with one attached hydrogen (secondary N) is 2. The summed E-state index contributed by atoms with van der Waals surface area (Å²) in [4.78, 5) is 11.7. The Kier molecular flexibility index (Phi) is 14.3. The monoisotopic (exact) mass is 522 g/mol. The van der Waals surface area contributed by atoms with E-state index < -0.39 is 8.32 Å². The van der Waals surface area contributed by atoms with Crippen LogP contribution in [0.3, 0.4) is 0 Å². The summed E-state index contributed by atoms with van der Waals surface area (Å²) in [5.74, 6) is 0. The summed E-state index contributed by atoms with van der Waals surface area (Å²) in [7, 11) is -2.42. The molecule has 204 valence electrons. The van der Waals surface area contributed by atoms with Crippen LogP contribution in [0.15, 0.2) is 72.8 Å². The highest BCUT2D eigenvalue weighted by molar-refractivity contribution is 6.99. The van der Waals surface area contributed by atoms with Crippen molar-refractivity contribution in [1.82, 2.24) is 10.6 Å². The molecule has 37 heavy (non-hydrogen) atoms. The molecule has 0 radical (unpaired) electrons. The van der Waals surface area contributed by atoms with E-state index in [0.29, 0.717) is 0 Å². The first kappa shape index (κ1) is 30.8. The average Bonchev–Trinajstić information content (AvgIpc) is 2.90. The molecule has 0 bridgehead atoms. The fraction of sp³-hybridized carbons (Fsp3) is 0.531. The summed E-state index contributed by atoms with van der Waals surface area (Å²) in [6.45, 7) is 11.5. The van der Waals surface area contributed by atoms with Crippen LogP contribution in [0.1, 0.15) is 85.5 Å². The number of rotatable bonds is 17. The molecule has 5 heteroatoms. The Morgan fingerprint density at radius 3 is 1.73 bits per heavy atom. The number of allylic oxidation sites excluding steroid dienone is 2. The molecule has 0 atom stereocenters. The number of unbranched alkanes of at least 4 members (excludes halogenated alkanes) is 6. The average molecular weight is 523 g/mol. The molecule has 0 fully saturated rings. The minimum atomic E-state index is -2.42. The molecule has 0 saturated carbocycles. The van der Waals surface area contributed by atoms with Crippen molar-refractivity contribution in [3.05, 3.63) is 72.8 Å². The number of amides is 2. The molecule has 0 heterocycles. The van der Waals surface area contributed by atoms with Crippen molar-refractivity contribution in [2.24, 2.45) is 0 Å². The standard InChI is InChI=1S/C32H50N2O2Si/c1-5-6-19-26-33-31(35)34-27-20-11-9-7-8-10-12-21-28-36-37(32(2,3)4,29-22-15-13-16-23-29)30-24-17-14-18-25-30/h7-8,13-18,22-25H,5-6,9-12,19-21,26-28H2,1-4H3,(H2,33,34,35). The molecule has 2 N–H and O–H groups in total. The van der Waals surface area contributed by atoms with Crippen LogP contribution in [-0.4, -0.2) is 34.0 Å². The number of benzene rings is 2. The van der Waals surface area contributed by atoms with Gasteiger partial charge in [-0.25, -0.2) is 4.79 Å². The first-order valence-electron chi connectivity index (χ1n) is 14.3. The van der Waals surface area contributed by atoms with Crippen LogP contribution in [0.25, 0.3) is 0 Å². The van der Waals surface area contributed by atoms with Crippen molar-refractivity contribution in [1.29, 1.82) is 0 Å². The summed E-state index contributed by atoms with van der Waals surface area (Å²) < 4.78 is 6.97. The molecule has 0 spiro atoms. The third-order valence-corrected chi connectivity index (χ3v) is 11.9. The number of hydrogen-bond donors (Lipinski definition) is 2. The third kappa shape index (κ3) is 10.5. The lowest BCUT2D eigenvalue weighted by atomic mass is 10.2. The van der Waals surface area contributed by atoms with Crippen LogP contribution in [-0.2, 0) is 4.43 Å². The second kappa shape index (κ2) is 17.2. The molecule has 2 amide bonds. The molecular weight excluding hydrogens is 472 g/mol. The predicted molar refractivity (Wildman–Crippen MR) is 161 cm³/mol. The van der Waals surface area contributed by atoms with Gasteiger partial charge in [0.25, 0.3) is 8.32 Å². The molecule has 4 nitrogen and oxygen atoms in total. The van der Waals surface area contributed by atoms with Crippen molar-refractivity contribution in [2.75, 3.05) is 19.7 Å². The minimum Gasteiger partial charge on any atom is -0.407 e. The van der Waals surface area contributed by atoms with E-state index in [9.17, 15) is 4.79 Å². The fourth-order valence-corrected chi connectivity index (χ4v) is 9.42. The van der Waals surface area contributed by atoms with E-state index in [0.717, 1.165) is 64.6 Å². The van der Waals surface area contributed by atoms with Crippen LogP contribution < -0.4 is 21.0 Å². The van der Waals surface area contributed by atoms with Gasteiger partial charge in [0.15, 0.2) is 0 Å². The van der Waals surface area contributed by atoms with E-state index in [4.69, 9.17) is 4.43 Å². The van der Waals surface area contributed by atoms with Gasteiger partial charge < -0.3 is 15.1 Å². The van der Waals surface area contributed by atoms with Crippen molar-refractivity contribution in [3.63, 3.8) is 0 Å². The van der Waals surface area contributed by atoms with Gasteiger partial charge in [0.1, 0.15) is 0 Å². The summed E-state index contributed by atoms with van der Waals surface area (Å²) in [5, 5.41) is 8.58. The number of carbonyl (C=O) groups excluding carboxylic acids is 1. The van der Waals surface area contributed by atoms with E-state index in [1.54, 1.807) is 0 Å². The minimum absolute atomic E-state index is 0.0280. The molecule has 2 aromatic rings. The van der Waals surface area contributed by atoms with Crippen LogP contribution in [0, 0.1) is 0 Å². The number of carbonyl (C=O) groups is 1. The molecule has 0 saturated heterocycles. The molecule has 2 rings (SSSR count). The largest absolute Gasteiger partial charge is 0.407 e. The highest BCUT2D eigenvalue weighted by Crippen LogP contribution is 2.36. The smallest absolute Gasteiger partial charge is 0.314 e. The van der Waals surface area contributed by atoms with E-state index in [1.165, 1.54) is 23.2 Å². The number of hydrogen-bond acceptors (Lipinski definition) is 2. The van der Waals surface area contributed by atoms with Crippen molar-refractivity contribution >= 4 is 24.7 Å². The molecule has 2 aromatic carbocycles. The van der Waals surface area contributed by atoms with Gasteiger partial charge in [0.2, 0.25) is 0 Å². The van der Waals surface area contributed by atoms with Gasteiger partial charge >= 0.3 is 6.03 Å². The molecule has 0 aromatic heterocycles. The summed E-state index contributed by atoms with van der Waals surface area (Å²) in [6, 6.07) is 21.7. The van der Waals surface area contributed by atoms with Crippen molar-refractivity contribution < 1.29 is 9.22 Å². The Bertz CT molecular complexity index is 855. The zero-order valence-electron chi connectivity index (χ0n) is 23.7. The lowest BCUT2D eigenvalue weighted by Crippen LogP contribution is -2.66. The first-order valence-corrected chi connectivity index (χ1v) is 16.2. The van der Waals surface area contributed by atoms with E-state index in [-0.39, 0.29) is 11.1 Å². The Morgan fingerprint density at radius 1 is 0.757 bits per heavy atom. The second-order valence-corrected chi connectivity index (χ2v) is 15.2. The Labute approximate surface area is 227 Å². The highest BCUT2D eigenvalue weighted by atomic mass is 28.4. The zero-order valence-corrected chi connectivity index (χ0v) is 24.7. The van der Waals surface area contributed by atoms with Gasteiger partial charge in [-0.05, 0) is 60.4 Å². The molecule has 0 unspecified atom stereocenters. The topological polar surface area (TPSA) is 50.4 Å². The summed E-state index contributed by atoms with van der Waals surface area (Å²) >= 11 is 0. The van der Waals surface area contributed by atoms with Crippen LogP contribution in [0.4, 0.5) is 4.79 Å². The van der Waals surface area contributed by atoms with Crippen LogP contribution >= 0.6 is 0 Å². The maximum Gasteiger partial charge on any atom is 0.314 e. The Morgan fingerprint density at radius 2 is 1.24 bits per heavy atom. The van der Waals surface area contributed by atoms with E-state index in [1.807, 2.05) is 0 Å². The third-order valence-electron chi connectivity index (χ3n) is 6.82. The van der Waals surface area contributed by atoms with Crippen molar-refractivity contribution in [2.45, 2.75) is 90.5 Å². The Balaban J connectivity index is 1.71. The quantitative estimate of drug-likeness (QED) is 0.134. The lowest BCUT2D eigenvalue weighted by Gasteiger charge is -2.43. The van der Waals surface area contributed by atoms with Crippen LogP contribution in [0.2, 0.25) is 5.04 Å². The summed E-state index contributed by atoms with van der Waals surface area (Å²) in [6.07, 6.45) is 14.4. The summed E-state index contributed by atoms with van der Waals surface area (Å²) in [5.41, 5.74) is 0. The highest BCUT2D eigenvalue weighted by Gasteiger charge is 2.49. The van der Waals surface area contributed by atoms with Gasteiger partial charge in [-0.3, -0.25) is 0 Å². The van der Waals surface area contributed by atoms with Gasteiger partial charge in [0.05, 0.1) is 0 Å². The second-order valence-electron chi connectivity index (χ2n) is 10.9. The maximum absolute atomic E-state index is 11.7. The molecule has 0 aliphatic heterocycles. The van der Waals surface area contributed by atoms with Crippen LogP contribution in [0.5, 0.6) is 0 Å². The normalized spacial score (nSPS) is 12.1. The van der Waals surface area contributed by atoms with Gasteiger partial charge in [-0.2, -0.15) is 0 Å². The van der Waals surface area contributed by atoms with Gasteiger partial charge in [0, 0.05) is 19.7 Å².